The number of hydrogen-bond donors (Lipinski definition) is 2. The first kappa shape index (κ1) is 24.8. The van der Waals surface area contributed by atoms with Crippen molar-refractivity contribution in [2.75, 3.05) is 38.7 Å². The molecule has 8 heteroatoms. The normalized spacial score (nSPS) is 14.5. The molecule has 2 aromatic carbocycles. The molecule has 1 aliphatic heterocycles. The maximum atomic E-state index is 12.3. The largest absolute Gasteiger partial charge is 0.493 e. The van der Waals surface area contributed by atoms with Gasteiger partial charge in [-0.1, -0.05) is 18.2 Å². The second-order valence-corrected chi connectivity index (χ2v) is 8.14. The Morgan fingerprint density at radius 2 is 1.91 bits per heavy atom. The predicted molar refractivity (Wildman–Crippen MR) is 130 cm³/mol. The van der Waals surface area contributed by atoms with E-state index in [1.165, 1.54) is 18.7 Å². The first-order valence-corrected chi connectivity index (χ1v) is 11.3. The van der Waals surface area contributed by atoms with Crippen molar-refractivity contribution >= 4 is 23.6 Å². The Kier molecular flexibility index (Phi) is 9.06. The number of rotatable bonds is 10. The summed E-state index contributed by atoms with van der Waals surface area (Å²) >= 11 is 0. The Morgan fingerprint density at radius 1 is 1.18 bits per heavy atom. The Hall–Kier alpha value is -3.83. The highest BCUT2D eigenvalue weighted by molar-refractivity contribution is 6.01. The summed E-state index contributed by atoms with van der Waals surface area (Å²) in [5.74, 6) is 0.546. The number of hydrogen-bond acceptors (Lipinski definition) is 6. The highest BCUT2D eigenvalue weighted by Gasteiger charge is 2.22. The number of benzene rings is 2. The van der Waals surface area contributed by atoms with Crippen LogP contribution < -0.4 is 20.5 Å². The number of carbonyl (C=O) groups excluding carboxylic acids is 2. The maximum absolute atomic E-state index is 12.3. The molecule has 8 nitrogen and oxygen atoms in total. The Bertz CT molecular complexity index is 1050. The van der Waals surface area contributed by atoms with Crippen molar-refractivity contribution in [1.29, 1.82) is 5.26 Å². The fourth-order valence-corrected chi connectivity index (χ4v) is 3.86. The van der Waals surface area contributed by atoms with Gasteiger partial charge in [-0.2, -0.15) is 5.26 Å². The summed E-state index contributed by atoms with van der Waals surface area (Å²) in [5, 5.41) is 11.5. The van der Waals surface area contributed by atoms with E-state index in [0.29, 0.717) is 11.5 Å². The molecule has 0 atom stereocenters. The predicted octanol–water partition coefficient (Wildman–Crippen LogP) is 2.99. The number of anilines is 1. The minimum Gasteiger partial charge on any atom is -0.493 e. The zero-order chi connectivity index (χ0) is 24.3. The van der Waals surface area contributed by atoms with E-state index < -0.39 is 0 Å². The molecule has 3 rings (SSSR count). The molecule has 0 saturated carbocycles. The molecule has 0 unspecified atom stereocenters. The number of primary amides is 1. The molecule has 178 valence electrons. The summed E-state index contributed by atoms with van der Waals surface area (Å²) in [6, 6.07) is 15.0. The number of methoxy groups -OCH3 is 1. The van der Waals surface area contributed by atoms with Crippen LogP contribution in [0.5, 0.6) is 11.5 Å². The van der Waals surface area contributed by atoms with E-state index in [-0.39, 0.29) is 24.3 Å². The number of nitrogens with one attached hydrogen (secondary N) is 1. The highest BCUT2D eigenvalue weighted by atomic mass is 16.5. The minimum absolute atomic E-state index is 0.0121. The van der Waals surface area contributed by atoms with Crippen molar-refractivity contribution < 1.29 is 19.1 Å². The molecule has 0 radical (unpaired) electrons. The van der Waals surface area contributed by atoms with Gasteiger partial charge < -0.3 is 25.4 Å². The molecule has 1 fully saturated rings. The molecule has 2 amide bonds. The second kappa shape index (κ2) is 12.4. The van der Waals surface area contributed by atoms with Crippen LogP contribution in [-0.4, -0.2) is 50.1 Å². The SMILES string of the molecule is COc1cc(C=CC(=O)Nc2ccc(CCN3CCC(C(N)=O)CC3)cc2)ccc1OCC#N. The second-order valence-electron chi connectivity index (χ2n) is 8.14. The maximum Gasteiger partial charge on any atom is 0.248 e. The Labute approximate surface area is 199 Å². The third kappa shape index (κ3) is 7.36. The quantitative estimate of drug-likeness (QED) is 0.524. The fourth-order valence-electron chi connectivity index (χ4n) is 3.86. The summed E-state index contributed by atoms with van der Waals surface area (Å²) in [6.07, 6.45) is 5.71. The molecular weight excluding hydrogens is 432 g/mol. The summed E-state index contributed by atoms with van der Waals surface area (Å²) in [5.41, 5.74) is 8.08. The molecule has 1 aliphatic rings. The van der Waals surface area contributed by atoms with Crippen LogP contribution in [0.3, 0.4) is 0 Å². The van der Waals surface area contributed by atoms with Crippen molar-refractivity contribution in [3.63, 3.8) is 0 Å². The molecule has 34 heavy (non-hydrogen) atoms. The number of nitrogens with zero attached hydrogens (tertiary/aromatic N) is 2. The average molecular weight is 463 g/mol. The van der Waals surface area contributed by atoms with Gasteiger partial charge in [-0.3, -0.25) is 9.59 Å². The van der Waals surface area contributed by atoms with Gasteiger partial charge in [0.05, 0.1) is 7.11 Å². The fraction of sp³-hybridized carbons (Fsp3) is 0.346. The van der Waals surface area contributed by atoms with Gasteiger partial charge in [-0.15, -0.1) is 0 Å². The van der Waals surface area contributed by atoms with Crippen LogP contribution in [0.25, 0.3) is 6.08 Å². The van der Waals surface area contributed by atoms with Gasteiger partial charge in [0.15, 0.2) is 18.1 Å². The van der Waals surface area contributed by atoms with Crippen LogP contribution in [0, 0.1) is 17.2 Å². The third-order valence-corrected chi connectivity index (χ3v) is 5.84. The van der Waals surface area contributed by atoms with E-state index in [1.807, 2.05) is 30.3 Å². The number of nitrogens with two attached hydrogens (primary N) is 1. The van der Waals surface area contributed by atoms with Gasteiger partial charge in [0, 0.05) is 24.2 Å². The molecule has 0 bridgehead atoms. The number of amides is 2. The molecule has 1 heterocycles. The van der Waals surface area contributed by atoms with E-state index >= 15 is 0 Å². The van der Waals surface area contributed by atoms with Gasteiger partial charge in [0.1, 0.15) is 6.07 Å². The van der Waals surface area contributed by atoms with Crippen molar-refractivity contribution in [3.05, 3.63) is 59.7 Å². The smallest absolute Gasteiger partial charge is 0.248 e. The minimum atomic E-state index is -0.242. The zero-order valence-electron chi connectivity index (χ0n) is 19.3. The molecule has 1 saturated heterocycles. The van der Waals surface area contributed by atoms with Crippen LogP contribution in [0.1, 0.15) is 24.0 Å². The Morgan fingerprint density at radius 3 is 2.56 bits per heavy atom. The highest BCUT2D eigenvalue weighted by Crippen LogP contribution is 2.28. The average Bonchev–Trinajstić information content (AvgIpc) is 2.86. The van der Waals surface area contributed by atoms with E-state index in [1.54, 1.807) is 24.3 Å². The summed E-state index contributed by atoms with van der Waals surface area (Å²) < 4.78 is 10.6. The van der Waals surface area contributed by atoms with E-state index in [0.717, 1.165) is 50.1 Å². The molecule has 2 aromatic rings. The van der Waals surface area contributed by atoms with Gasteiger partial charge in [0.2, 0.25) is 11.8 Å². The molecule has 0 aromatic heterocycles. The first-order valence-electron chi connectivity index (χ1n) is 11.3. The topological polar surface area (TPSA) is 118 Å². The lowest BCUT2D eigenvalue weighted by Crippen LogP contribution is -2.39. The number of carbonyl (C=O) groups is 2. The molecule has 3 N–H and O–H groups in total. The molecule has 0 aliphatic carbocycles. The number of piperidine rings is 1. The van der Waals surface area contributed by atoms with Gasteiger partial charge in [-0.05, 0) is 73.8 Å². The van der Waals surface area contributed by atoms with Crippen LogP contribution in [-0.2, 0) is 16.0 Å². The molecule has 0 spiro atoms. The standard InChI is InChI=1S/C26H30N4O4/c1-33-24-18-20(4-8-23(24)34-17-13-27)5-9-25(31)29-22-6-2-19(3-7-22)10-14-30-15-11-21(12-16-30)26(28)32/h2-9,18,21H,10-12,14-17H2,1H3,(H2,28,32)(H,29,31). The van der Waals surface area contributed by atoms with E-state index in [4.69, 9.17) is 20.5 Å². The lowest BCUT2D eigenvalue weighted by Gasteiger charge is -2.30. The van der Waals surface area contributed by atoms with Crippen LogP contribution in [0.4, 0.5) is 5.69 Å². The number of ether oxygens (including phenoxy) is 2. The van der Waals surface area contributed by atoms with Gasteiger partial charge >= 0.3 is 0 Å². The van der Waals surface area contributed by atoms with Crippen molar-refractivity contribution in [2.24, 2.45) is 11.7 Å². The summed E-state index contributed by atoms with van der Waals surface area (Å²) in [7, 11) is 1.52. The van der Waals surface area contributed by atoms with Gasteiger partial charge in [0.25, 0.3) is 0 Å². The van der Waals surface area contributed by atoms with Crippen LogP contribution in [0.15, 0.2) is 48.5 Å². The van der Waals surface area contributed by atoms with Crippen molar-refractivity contribution in [3.8, 4) is 17.6 Å². The lowest BCUT2D eigenvalue weighted by atomic mass is 9.96. The van der Waals surface area contributed by atoms with Gasteiger partial charge in [-0.25, -0.2) is 0 Å². The van der Waals surface area contributed by atoms with E-state index in [2.05, 4.69) is 10.2 Å². The monoisotopic (exact) mass is 462 g/mol. The molecular formula is C26H30N4O4. The number of likely N-dealkylation sites (tertiary alicyclic amines) is 1. The van der Waals surface area contributed by atoms with Crippen molar-refractivity contribution in [1.82, 2.24) is 4.90 Å². The van der Waals surface area contributed by atoms with Crippen LogP contribution >= 0.6 is 0 Å². The van der Waals surface area contributed by atoms with Crippen molar-refractivity contribution in [2.45, 2.75) is 19.3 Å². The number of nitriles is 1. The Balaban J connectivity index is 1.47. The first-order chi connectivity index (χ1) is 16.5. The summed E-state index contributed by atoms with van der Waals surface area (Å²) in [6.45, 7) is 2.66. The lowest BCUT2D eigenvalue weighted by molar-refractivity contribution is -0.123. The zero-order valence-corrected chi connectivity index (χ0v) is 19.3. The summed E-state index contributed by atoms with van der Waals surface area (Å²) in [4.78, 5) is 26.0. The van der Waals surface area contributed by atoms with Crippen LogP contribution in [0.2, 0.25) is 0 Å². The third-order valence-electron chi connectivity index (χ3n) is 5.84. The van der Waals surface area contributed by atoms with E-state index in [9.17, 15) is 9.59 Å².